The van der Waals surface area contributed by atoms with Crippen LogP contribution in [0.3, 0.4) is 0 Å². The number of halogens is 2. The molecule has 0 fully saturated rings. The standard InChI is InChI=1S/C14H12Cl2N4O2/c1-18-12(8-2-3-9(15)10(16)6-8)7-11(17)13(21)20-14-19-4-5-22-14/h2-7H,17H2,1H3,(H,19,20,21). The molecule has 114 valence electrons. The van der Waals surface area contributed by atoms with E-state index in [4.69, 9.17) is 33.4 Å². The van der Waals surface area contributed by atoms with E-state index in [2.05, 4.69) is 15.3 Å². The van der Waals surface area contributed by atoms with Crippen LogP contribution in [0.2, 0.25) is 10.0 Å². The molecular weight excluding hydrogens is 327 g/mol. The number of benzene rings is 1. The Bertz CT molecular complexity index is 739. The molecule has 0 bridgehead atoms. The van der Waals surface area contributed by atoms with Crippen LogP contribution in [0.1, 0.15) is 5.56 Å². The second kappa shape index (κ2) is 7.11. The minimum Gasteiger partial charge on any atom is -0.432 e. The molecule has 1 amide bonds. The molecule has 0 saturated carbocycles. The number of hydrogen-bond acceptors (Lipinski definition) is 5. The maximum atomic E-state index is 11.9. The first-order valence-electron chi connectivity index (χ1n) is 6.11. The summed E-state index contributed by atoms with van der Waals surface area (Å²) in [6.45, 7) is 0. The van der Waals surface area contributed by atoms with Crippen LogP contribution in [0, 0.1) is 0 Å². The smallest absolute Gasteiger partial charge is 0.301 e. The van der Waals surface area contributed by atoms with Crippen LogP contribution in [-0.4, -0.2) is 23.7 Å². The zero-order valence-electron chi connectivity index (χ0n) is 11.5. The molecule has 3 N–H and O–H groups in total. The number of nitrogens with zero attached hydrogens (tertiary/aromatic N) is 2. The molecule has 6 nitrogen and oxygen atoms in total. The van der Waals surface area contributed by atoms with E-state index in [0.717, 1.165) is 0 Å². The number of aliphatic imine (C=N–C) groups is 1. The van der Waals surface area contributed by atoms with Gasteiger partial charge in [0.15, 0.2) is 0 Å². The molecule has 0 aliphatic carbocycles. The summed E-state index contributed by atoms with van der Waals surface area (Å²) in [5, 5.41) is 3.23. The number of allylic oxidation sites excluding steroid dienone is 1. The average molecular weight is 339 g/mol. The SMILES string of the molecule is CN=C(C=C(N)C(=O)Nc1ncco1)c1ccc(Cl)c(Cl)c1. The molecule has 0 saturated heterocycles. The fourth-order valence-corrected chi connectivity index (χ4v) is 1.90. The zero-order valence-corrected chi connectivity index (χ0v) is 13.0. The molecule has 0 aliphatic heterocycles. The molecular formula is C14H12Cl2N4O2. The Morgan fingerprint density at radius 1 is 1.41 bits per heavy atom. The van der Waals surface area contributed by atoms with Crippen molar-refractivity contribution < 1.29 is 9.21 Å². The summed E-state index contributed by atoms with van der Waals surface area (Å²) in [6, 6.07) is 5.07. The van der Waals surface area contributed by atoms with Crippen molar-refractivity contribution in [3.8, 4) is 0 Å². The van der Waals surface area contributed by atoms with Gasteiger partial charge in [0.05, 0.1) is 27.7 Å². The number of anilines is 1. The summed E-state index contributed by atoms with van der Waals surface area (Å²) in [5.74, 6) is -0.552. The summed E-state index contributed by atoms with van der Waals surface area (Å²) >= 11 is 11.8. The van der Waals surface area contributed by atoms with Gasteiger partial charge in [0.25, 0.3) is 5.91 Å². The van der Waals surface area contributed by atoms with Gasteiger partial charge >= 0.3 is 6.01 Å². The fourth-order valence-electron chi connectivity index (χ4n) is 1.60. The number of nitrogens with one attached hydrogen (secondary N) is 1. The maximum Gasteiger partial charge on any atom is 0.301 e. The first-order valence-corrected chi connectivity index (χ1v) is 6.87. The monoisotopic (exact) mass is 338 g/mol. The largest absolute Gasteiger partial charge is 0.432 e. The van der Waals surface area contributed by atoms with Gasteiger partial charge in [-0.1, -0.05) is 29.3 Å². The van der Waals surface area contributed by atoms with Gasteiger partial charge in [0, 0.05) is 12.6 Å². The molecule has 2 aromatic rings. The lowest BCUT2D eigenvalue weighted by molar-refractivity contribution is -0.113. The number of hydrogen-bond donors (Lipinski definition) is 2. The van der Waals surface area contributed by atoms with Crippen LogP contribution in [0.4, 0.5) is 6.01 Å². The molecule has 0 unspecified atom stereocenters. The molecule has 8 heteroatoms. The van der Waals surface area contributed by atoms with E-state index < -0.39 is 5.91 Å². The Balaban J connectivity index is 2.20. The Kier molecular flexibility index (Phi) is 5.19. The normalized spacial score (nSPS) is 12.3. The van der Waals surface area contributed by atoms with E-state index >= 15 is 0 Å². The van der Waals surface area contributed by atoms with Gasteiger partial charge < -0.3 is 10.2 Å². The van der Waals surface area contributed by atoms with Gasteiger partial charge in [-0.15, -0.1) is 0 Å². The molecule has 0 radical (unpaired) electrons. The second-order valence-corrected chi connectivity index (χ2v) is 4.94. The van der Waals surface area contributed by atoms with Crippen molar-refractivity contribution in [2.24, 2.45) is 10.7 Å². The van der Waals surface area contributed by atoms with Crippen molar-refractivity contribution in [1.82, 2.24) is 4.98 Å². The first-order chi connectivity index (χ1) is 10.5. The summed E-state index contributed by atoms with van der Waals surface area (Å²) in [6.07, 6.45) is 4.17. The minimum atomic E-state index is -0.552. The number of carbonyl (C=O) groups excluding carboxylic acids is 1. The Hall–Kier alpha value is -2.31. The van der Waals surface area contributed by atoms with Crippen LogP contribution in [0.5, 0.6) is 0 Å². The lowest BCUT2D eigenvalue weighted by Crippen LogP contribution is -2.21. The second-order valence-electron chi connectivity index (χ2n) is 4.13. The number of carbonyl (C=O) groups is 1. The summed E-state index contributed by atoms with van der Waals surface area (Å²) in [5.41, 5.74) is 6.87. The van der Waals surface area contributed by atoms with Crippen LogP contribution in [-0.2, 0) is 4.79 Å². The van der Waals surface area contributed by atoms with E-state index in [1.54, 1.807) is 25.2 Å². The van der Waals surface area contributed by atoms with Crippen LogP contribution >= 0.6 is 23.2 Å². The zero-order chi connectivity index (χ0) is 16.1. The van der Waals surface area contributed by atoms with Crippen LogP contribution in [0.15, 0.2) is 51.8 Å². The summed E-state index contributed by atoms with van der Waals surface area (Å²) in [4.78, 5) is 19.8. The molecule has 1 aromatic carbocycles. The van der Waals surface area contributed by atoms with Gasteiger partial charge in [-0.25, -0.2) is 4.98 Å². The van der Waals surface area contributed by atoms with Crippen molar-refractivity contribution >= 4 is 40.8 Å². The molecule has 0 spiro atoms. The van der Waals surface area contributed by atoms with Crippen molar-refractivity contribution in [1.29, 1.82) is 0 Å². The number of nitrogens with two attached hydrogens (primary N) is 1. The number of rotatable bonds is 4. The topological polar surface area (TPSA) is 93.5 Å². The third kappa shape index (κ3) is 3.87. The van der Waals surface area contributed by atoms with Crippen molar-refractivity contribution in [3.63, 3.8) is 0 Å². The average Bonchev–Trinajstić information content (AvgIpc) is 3.00. The lowest BCUT2D eigenvalue weighted by atomic mass is 10.1. The number of oxazole rings is 1. The molecule has 22 heavy (non-hydrogen) atoms. The van der Waals surface area contributed by atoms with E-state index in [1.807, 2.05) is 0 Å². The van der Waals surface area contributed by atoms with E-state index in [-0.39, 0.29) is 11.7 Å². The Morgan fingerprint density at radius 3 is 2.77 bits per heavy atom. The fraction of sp³-hybridized carbons (Fsp3) is 0.0714. The van der Waals surface area contributed by atoms with Gasteiger partial charge in [-0.2, -0.15) is 0 Å². The highest BCUT2D eigenvalue weighted by Gasteiger charge is 2.11. The van der Waals surface area contributed by atoms with Gasteiger partial charge in [0.1, 0.15) is 6.26 Å². The van der Waals surface area contributed by atoms with Gasteiger partial charge in [0.2, 0.25) is 0 Å². The van der Waals surface area contributed by atoms with Crippen molar-refractivity contribution in [2.45, 2.75) is 0 Å². The van der Waals surface area contributed by atoms with Crippen molar-refractivity contribution in [3.05, 3.63) is 58.0 Å². The predicted molar refractivity (Wildman–Crippen MR) is 86.3 cm³/mol. The van der Waals surface area contributed by atoms with E-state index in [9.17, 15) is 4.79 Å². The Labute approximate surface area is 136 Å². The molecule has 1 heterocycles. The predicted octanol–water partition coefficient (Wildman–Crippen LogP) is 2.88. The third-order valence-electron chi connectivity index (χ3n) is 2.66. The molecule has 1 aromatic heterocycles. The Morgan fingerprint density at radius 2 is 2.18 bits per heavy atom. The highest BCUT2D eigenvalue weighted by Crippen LogP contribution is 2.23. The van der Waals surface area contributed by atoms with Gasteiger partial charge in [-0.05, 0) is 18.2 Å². The summed E-state index contributed by atoms with van der Waals surface area (Å²) in [7, 11) is 1.58. The maximum absolute atomic E-state index is 11.9. The van der Waals surface area contributed by atoms with Crippen molar-refractivity contribution in [2.75, 3.05) is 12.4 Å². The minimum absolute atomic E-state index is 0.0510. The molecule has 2 rings (SSSR count). The number of amides is 1. The van der Waals surface area contributed by atoms with Crippen LogP contribution < -0.4 is 11.1 Å². The lowest BCUT2D eigenvalue weighted by Gasteiger charge is -2.05. The number of aromatic nitrogens is 1. The molecule has 0 atom stereocenters. The van der Waals surface area contributed by atoms with Gasteiger partial charge in [-0.3, -0.25) is 15.1 Å². The third-order valence-corrected chi connectivity index (χ3v) is 3.40. The first kappa shape index (κ1) is 16.1. The van der Waals surface area contributed by atoms with Crippen LogP contribution in [0.25, 0.3) is 0 Å². The highest BCUT2D eigenvalue weighted by atomic mass is 35.5. The molecule has 0 aliphatic rings. The summed E-state index contributed by atoms with van der Waals surface area (Å²) < 4.78 is 4.91. The van der Waals surface area contributed by atoms with E-state index in [1.165, 1.54) is 18.5 Å². The quantitative estimate of drug-likeness (QED) is 0.662. The van der Waals surface area contributed by atoms with E-state index in [0.29, 0.717) is 21.3 Å². The highest BCUT2D eigenvalue weighted by molar-refractivity contribution is 6.42.